The monoisotopic (exact) mass is 258 g/mol. The van der Waals surface area contributed by atoms with Gasteiger partial charge in [0.25, 0.3) is 10.0 Å². The number of sulfonamides is 1. The van der Waals surface area contributed by atoms with Crippen LogP contribution >= 0.6 is 0 Å². The van der Waals surface area contributed by atoms with Gasteiger partial charge in [-0.15, -0.1) is 0 Å². The summed E-state index contributed by atoms with van der Waals surface area (Å²) in [5, 5.41) is 0.160. The van der Waals surface area contributed by atoms with Gasteiger partial charge in [-0.3, -0.25) is 0 Å². The van der Waals surface area contributed by atoms with Gasteiger partial charge in [-0.2, -0.15) is 4.31 Å². The van der Waals surface area contributed by atoms with Crippen molar-refractivity contribution < 1.29 is 8.42 Å². The molecule has 1 aromatic heterocycles. The zero-order chi connectivity index (χ0) is 12.7. The topological polar surface area (TPSA) is 92.1 Å². The van der Waals surface area contributed by atoms with Crippen LogP contribution in [0.15, 0.2) is 11.2 Å². The molecule has 1 aliphatic heterocycles. The van der Waals surface area contributed by atoms with Crippen LogP contribution in [0.25, 0.3) is 0 Å². The zero-order valence-electron chi connectivity index (χ0n) is 10.1. The predicted molar refractivity (Wildman–Crippen MR) is 63.9 cm³/mol. The molecule has 6 nitrogen and oxygen atoms in total. The molecule has 17 heavy (non-hydrogen) atoms. The molecule has 0 aromatic carbocycles. The summed E-state index contributed by atoms with van der Waals surface area (Å²) in [6.45, 7) is 4.65. The molecule has 0 bridgehead atoms. The summed E-state index contributed by atoms with van der Waals surface area (Å²) in [6.07, 6.45) is 2.84. The van der Waals surface area contributed by atoms with E-state index in [1.54, 1.807) is 0 Å². The Kier molecular flexibility index (Phi) is 3.01. The van der Waals surface area contributed by atoms with Crippen molar-refractivity contribution in [2.75, 3.05) is 13.1 Å². The molecule has 0 radical (unpaired) electrons. The van der Waals surface area contributed by atoms with E-state index < -0.39 is 10.0 Å². The number of hydrogen-bond acceptors (Lipinski definition) is 4. The minimum Gasteiger partial charge on any atom is -0.332 e. The highest BCUT2D eigenvalue weighted by molar-refractivity contribution is 7.89. The summed E-state index contributed by atoms with van der Waals surface area (Å²) in [6, 6.07) is 0. The summed E-state index contributed by atoms with van der Waals surface area (Å²) in [7, 11) is -3.44. The van der Waals surface area contributed by atoms with Gasteiger partial charge < -0.3 is 10.7 Å². The third kappa shape index (κ3) is 2.10. The molecular weight excluding hydrogens is 240 g/mol. The van der Waals surface area contributed by atoms with Crippen molar-refractivity contribution in [3.8, 4) is 0 Å². The SMILES string of the molecule is CCc1ncc(S(=O)(=O)N2CC(N)(CC)C2)[nH]1. The van der Waals surface area contributed by atoms with E-state index in [1.165, 1.54) is 10.5 Å². The maximum Gasteiger partial charge on any atom is 0.260 e. The van der Waals surface area contributed by atoms with Crippen LogP contribution in [0.5, 0.6) is 0 Å². The van der Waals surface area contributed by atoms with Crippen LogP contribution in [-0.4, -0.2) is 41.3 Å². The maximum absolute atomic E-state index is 12.1. The normalized spacial score (nSPS) is 20.2. The van der Waals surface area contributed by atoms with Crippen molar-refractivity contribution in [1.29, 1.82) is 0 Å². The highest BCUT2D eigenvalue weighted by atomic mass is 32.2. The van der Waals surface area contributed by atoms with E-state index in [4.69, 9.17) is 5.73 Å². The van der Waals surface area contributed by atoms with Crippen LogP contribution in [0.2, 0.25) is 0 Å². The number of aromatic nitrogens is 2. The largest absolute Gasteiger partial charge is 0.332 e. The smallest absolute Gasteiger partial charge is 0.260 e. The van der Waals surface area contributed by atoms with Crippen LogP contribution in [0.4, 0.5) is 0 Å². The predicted octanol–water partition coefficient (Wildman–Crippen LogP) is 0.0839. The molecule has 2 heterocycles. The van der Waals surface area contributed by atoms with Crippen LogP contribution in [-0.2, 0) is 16.4 Å². The lowest BCUT2D eigenvalue weighted by Crippen LogP contribution is -2.68. The molecule has 7 heteroatoms. The van der Waals surface area contributed by atoms with Gasteiger partial charge >= 0.3 is 0 Å². The summed E-state index contributed by atoms with van der Waals surface area (Å²) < 4.78 is 25.7. The van der Waals surface area contributed by atoms with E-state index in [2.05, 4.69) is 9.97 Å². The van der Waals surface area contributed by atoms with Crippen LogP contribution in [0.3, 0.4) is 0 Å². The highest BCUT2D eigenvalue weighted by Crippen LogP contribution is 2.27. The number of imidazole rings is 1. The third-order valence-corrected chi connectivity index (χ3v) is 4.95. The molecule has 3 N–H and O–H groups in total. The van der Waals surface area contributed by atoms with Crippen molar-refractivity contribution in [2.45, 2.75) is 37.3 Å². The standard InChI is InChI=1S/C10H18N4O2S/c1-3-8-12-5-9(13-8)17(15,16)14-6-10(11,4-2)7-14/h5H,3-4,6-7,11H2,1-2H3,(H,12,13). The van der Waals surface area contributed by atoms with Crippen LogP contribution in [0.1, 0.15) is 26.1 Å². The van der Waals surface area contributed by atoms with Gasteiger partial charge in [0.05, 0.1) is 6.20 Å². The van der Waals surface area contributed by atoms with E-state index in [9.17, 15) is 8.42 Å². The Hall–Kier alpha value is -0.920. The number of H-pyrrole nitrogens is 1. The number of nitrogens with two attached hydrogens (primary N) is 1. The summed E-state index contributed by atoms with van der Waals surface area (Å²) in [5.41, 5.74) is 5.61. The number of rotatable bonds is 4. The second-order valence-corrected chi connectivity index (χ2v) is 6.44. The molecule has 0 saturated carbocycles. The lowest BCUT2D eigenvalue weighted by Gasteiger charge is -2.45. The fourth-order valence-electron chi connectivity index (χ4n) is 1.84. The Bertz CT molecular complexity index is 502. The number of nitrogens with one attached hydrogen (secondary N) is 1. The molecule has 1 fully saturated rings. The van der Waals surface area contributed by atoms with Crippen molar-refractivity contribution in [3.63, 3.8) is 0 Å². The molecular formula is C10H18N4O2S. The molecule has 0 amide bonds. The van der Waals surface area contributed by atoms with Crippen molar-refractivity contribution in [3.05, 3.63) is 12.0 Å². The molecule has 1 aliphatic rings. The molecule has 1 aromatic rings. The first kappa shape index (κ1) is 12.5. The van der Waals surface area contributed by atoms with Crippen LogP contribution < -0.4 is 5.73 Å². The molecule has 0 spiro atoms. The molecule has 2 rings (SSSR count). The Labute approximate surface area is 101 Å². The molecule has 96 valence electrons. The number of aromatic amines is 1. The van der Waals surface area contributed by atoms with Crippen LogP contribution in [0, 0.1) is 0 Å². The van der Waals surface area contributed by atoms with Gasteiger partial charge in [-0.05, 0) is 6.42 Å². The van der Waals surface area contributed by atoms with Gasteiger partial charge in [0, 0.05) is 25.0 Å². The minimum atomic E-state index is -3.44. The van der Waals surface area contributed by atoms with Gasteiger partial charge in [0.2, 0.25) is 0 Å². The van der Waals surface area contributed by atoms with Crippen molar-refractivity contribution in [2.24, 2.45) is 5.73 Å². The van der Waals surface area contributed by atoms with Gasteiger partial charge in [-0.25, -0.2) is 13.4 Å². The van der Waals surface area contributed by atoms with Gasteiger partial charge in [0.15, 0.2) is 5.03 Å². The summed E-state index contributed by atoms with van der Waals surface area (Å²) >= 11 is 0. The summed E-state index contributed by atoms with van der Waals surface area (Å²) in [5.74, 6) is 0.679. The van der Waals surface area contributed by atoms with E-state index in [0.29, 0.717) is 25.3 Å². The second-order valence-electron chi connectivity index (χ2n) is 4.54. The van der Waals surface area contributed by atoms with Crippen molar-refractivity contribution >= 4 is 10.0 Å². The van der Waals surface area contributed by atoms with Gasteiger partial charge in [-0.1, -0.05) is 13.8 Å². The quantitative estimate of drug-likeness (QED) is 0.800. The van der Waals surface area contributed by atoms with E-state index in [1.807, 2.05) is 13.8 Å². The Balaban J connectivity index is 2.16. The lowest BCUT2D eigenvalue weighted by atomic mass is 9.91. The third-order valence-electron chi connectivity index (χ3n) is 3.24. The second kappa shape index (κ2) is 4.08. The lowest BCUT2D eigenvalue weighted by molar-refractivity contribution is 0.153. The highest BCUT2D eigenvalue weighted by Gasteiger charge is 2.45. The molecule has 1 saturated heterocycles. The molecule has 0 atom stereocenters. The fraction of sp³-hybridized carbons (Fsp3) is 0.700. The number of hydrogen-bond donors (Lipinski definition) is 2. The van der Waals surface area contributed by atoms with E-state index in [-0.39, 0.29) is 10.6 Å². The maximum atomic E-state index is 12.1. The summed E-state index contributed by atoms with van der Waals surface area (Å²) in [4.78, 5) is 6.82. The molecule has 0 aliphatic carbocycles. The zero-order valence-corrected chi connectivity index (χ0v) is 10.9. The number of aryl methyl sites for hydroxylation is 1. The Morgan fingerprint density at radius 1 is 1.53 bits per heavy atom. The van der Waals surface area contributed by atoms with E-state index in [0.717, 1.165) is 6.42 Å². The minimum absolute atomic E-state index is 0.160. The van der Waals surface area contributed by atoms with Gasteiger partial charge in [0.1, 0.15) is 5.82 Å². The molecule has 0 unspecified atom stereocenters. The first-order valence-electron chi connectivity index (χ1n) is 5.74. The average molecular weight is 258 g/mol. The fourth-order valence-corrected chi connectivity index (χ4v) is 3.41. The first-order valence-corrected chi connectivity index (χ1v) is 7.18. The Morgan fingerprint density at radius 2 is 2.18 bits per heavy atom. The first-order chi connectivity index (χ1) is 7.91. The van der Waals surface area contributed by atoms with E-state index >= 15 is 0 Å². The van der Waals surface area contributed by atoms with Crippen molar-refractivity contribution in [1.82, 2.24) is 14.3 Å². The average Bonchev–Trinajstić information content (AvgIpc) is 2.73. The number of nitrogens with zero attached hydrogens (tertiary/aromatic N) is 2. The Morgan fingerprint density at radius 3 is 2.65 bits per heavy atom.